The maximum atomic E-state index is 6.69. The predicted molar refractivity (Wildman–Crippen MR) is 191 cm³/mol. The van der Waals surface area contributed by atoms with Gasteiger partial charge in [0.15, 0.2) is 5.82 Å². The molecule has 45 heavy (non-hydrogen) atoms. The molecule has 0 spiro atoms. The molecule has 0 fully saturated rings. The molecule has 0 saturated heterocycles. The molecule has 4 aromatic heterocycles. The van der Waals surface area contributed by atoms with Gasteiger partial charge in [-0.2, -0.15) is 4.98 Å². The first kappa shape index (κ1) is 25.3. The fourth-order valence-corrected chi connectivity index (χ4v) is 9.31. The summed E-state index contributed by atoms with van der Waals surface area (Å²) in [7, 11) is 0. The summed E-state index contributed by atoms with van der Waals surface area (Å²) in [5.74, 6) is 2.43. The first-order chi connectivity index (χ1) is 22.2. The number of para-hydroxylation sites is 2. The minimum absolute atomic E-state index is 0.240. The lowest BCUT2D eigenvalue weighted by molar-refractivity contribution is 0.483. The third-order valence-electron chi connectivity index (χ3n) is 8.59. The molecule has 10 aromatic rings. The molecule has 0 aliphatic heterocycles. The van der Waals surface area contributed by atoms with Crippen LogP contribution in [0, 0.1) is 0 Å². The summed E-state index contributed by atoms with van der Waals surface area (Å²) in [6.45, 7) is 0. The molecule has 0 radical (unpaired) electrons. The number of hydrogen-bond acceptors (Lipinski definition) is 5. The van der Waals surface area contributed by atoms with Crippen LogP contribution in [0.25, 0.3) is 78.9 Å². The summed E-state index contributed by atoms with van der Waals surface area (Å²) in [6.07, 6.45) is 0. The third kappa shape index (κ3) is 3.64. The lowest BCUT2D eigenvalue weighted by Crippen LogP contribution is -2.00. The van der Waals surface area contributed by atoms with E-state index in [4.69, 9.17) is 21.3 Å². The summed E-state index contributed by atoms with van der Waals surface area (Å²) >= 11 is 10.2. The predicted octanol–water partition coefficient (Wildman–Crippen LogP) is 11.9. The van der Waals surface area contributed by atoms with Gasteiger partial charge in [0.1, 0.15) is 16.3 Å². The summed E-state index contributed by atoms with van der Waals surface area (Å²) in [5, 5.41) is 9.53. The number of rotatable bonds is 3. The number of hydrogen-bond donors (Lipinski definition) is 0. The monoisotopic (exact) mass is 633 g/mol. The van der Waals surface area contributed by atoms with Gasteiger partial charge in [-0.25, -0.2) is 4.98 Å². The van der Waals surface area contributed by atoms with Crippen LogP contribution in [0.3, 0.4) is 0 Å². The largest absolute Gasteiger partial charge is 0.457 e. The molecule has 0 aliphatic carbocycles. The number of fused-ring (bicyclic) bond motifs is 13. The fourth-order valence-electron chi connectivity index (χ4n) is 6.80. The molecule has 0 bridgehead atoms. The first-order valence-electron chi connectivity index (χ1n) is 14.6. The summed E-state index contributed by atoms with van der Waals surface area (Å²) in [5.41, 5.74) is 2.19. The molecule has 0 amide bonds. The van der Waals surface area contributed by atoms with E-state index in [9.17, 15) is 0 Å². The highest BCUT2D eigenvalue weighted by atomic mass is 35.5. The Morgan fingerprint density at radius 2 is 1.27 bits per heavy atom. The van der Waals surface area contributed by atoms with Gasteiger partial charge in [-0.05, 0) is 54.1 Å². The quantitative estimate of drug-likeness (QED) is 0.182. The van der Waals surface area contributed by atoms with Crippen LogP contribution in [0.1, 0.15) is 0 Å². The van der Waals surface area contributed by atoms with E-state index in [1.807, 2.05) is 41.7 Å². The Balaban J connectivity index is 1.41. The van der Waals surface area contributed by atoms with Gasteiger partial charge in [0.25, 0.3) is 0 Å². The first-order valence-corrected chi connectivity index (χ1v) is 16.6. The van der Waals surface area contributed by atoms with Crippen LogP contribution < -0.4 is 4.74 Å². The molecular formula is C38H20ClN3OS2. The topological polar surface area (TPSA) is 39.9 Å². The van der Waals surface area contributed by atoms with Crippen LogP contribution >= 0.6 is 34.3 Å². The number of nitrogens with zero attached hydrogens (tertiary/aromatic N) is 3. The van der Waals surface area contributed by atoms with Gasteiger partial charge < -0.3 is 4.74 Å². The Bertz CT molecular complexity index is 2820. The highest BCUT2D eigenvalue weighted by Gasteiger charge is 2.25. The minimum Gasteiger partial charge on any atom is -0.457 e. The zero-order valence-electron chi connectivity index (χ0n) is 23.5. The van der Waals surface area contributed by atoms with Gasteiger partial charge in [-0.3, -0.25) is 4.57 Å². The lowest BCUT2D eigenvalue weighted by atomic mass is 9.99. The molecule has 0 aliphatic rings. The number of aromatic nitrogens is 3. The summed E-state index contributed by atoms with van der Waals surface area (Å²) in [4.78, 5) is 10.5. The van der Waals surface area contributed by atoms with E-state index in [0.717, 1.165) is 48.7 Å². The molecule has 0 saturated carbocycles. The van der Waals surface area contributed by atoms with E-state index in [2.05, 4.69) is 101 Å². The Hall–Kier alpha value is -5.01. The SMILES string of the molecule is Clc1nc(-n2c3ccccc3c3c4c5cc(Oc6ccccc6)ccc5sc4c4ccccc4c32)c2c(n1)sc1ccccc12. The van der Waals surface area contributed by atoms with E-state index in [1.165, 1.54) is 41.7 Å². The van der Waals surface area contributed by atoms with Crippen molar-refractivity contribution in [3.8, 4) is 17.3 Å². The second kappa shape index (κ2) is 9.49. The zero-order valence-corrected chi connectivity index (χ0v) is 25.9. The van der Waals surface area contributed by atoms with Crippen LogP contribution in [0.2, 0.25) is 5.28 Å². The van der Waals surface area contributed by atoms with Crippen molar-refractivity contribution in [1.29, 1.82) is 0 Å². The molecule has 0 unspecified atom stereocenters. The van der Waals surface area contributed by atoms with Crippen molar-refractivity contribution in [2.45, 2.75) is 0 Å². The fraction of sp³-hybridized carbons (Fsp3) is 0. The molecule has 0 N–H and O–H groups in total. The molecular weight excluding hydrogens is 614 g/mol. The molecule has 4 nitrogen and oxygen atoms in total. The number of ether oxygens (including phenoxy) is 1. The van der Waals surface area contributed by atoms with Crippen LogP contribution in [-0.2, 0) is 0 Å². The molecule has 7 heteroatoms. The van der Waals surface area contributed by atoms with E-state index < -0.39 is 0 Å². The van der Waals surface area contributed by atoms with Crippen LogP contribution in [-0.4, -0.2) is 14.5 Å². The van der Waals surface area contributed by atoms with Gasteiger partial charge >= 0.3 is 0 Å². The van der Waals surface area contributed by atoms with E-state index in [1.54, 1.807) is 11.3 Å². The van der Waals surface area contributed by atoms with Crippen molar-refractivity contribution >= 4 is 107 Å². The van der Waals surface area contributed by atoms with Crippen molar-refractivity contribution in [2.75, 3.05) is 0 Å². The van der Waals surface area contributed by atoms with Crippen molar-refractivity contribution in [3.63, 3.8) is 0 Å². The summed E-state index contributed by atoms with van der Waals surface area (Å²) < 4.78 is 12.3. The van der Waals surface area contributed by atoms with Crippen LogP contribution in [0.15, 0.2) is 121 Å². The Kier molecular flexibility index (Phi) is 5.34. The maximum absolute atomic E-state index is 6.69. The minimum atomic E-state index is 0.240. The van der Waals surface area contributed by atoms with Crippen LogP contribution in [0.5, 0.6) is 11.5 Å². The molecule has 10 rings (SSSR count). The van der Waals surface area contributed by atoms with E-state index in [-0.39, 0.29) is 5.28 Å². The van der Waals surface area contributed by atoms with Gasteiger partial charge in [0, 0.05) is 51.8 Å². The van der Waals surface area contributed by atoms with Gasteiger partial charge in [-0.1, -0.05) is 78.9 Å². The molecule has 6 aromatic carbocycles. The highest BCUT2D eigenvalue weighted by molar-refractivity contribution is 7.27. The maximum Gasteiger partial charge on any atom is 0.225 e. The average Bonchev–Trinajstić information content (AvgIpc) is 3.74. The normalized spacial score (nSPS) is 12.1. The molecule has 4 heterocycles. The third-order valence-corrected chi connectivity index (χ3v) is 11.0. The Labute approximate surface area is 269 Å². The average molecular weight is 634 g/mol. The lowest BCUT2D eigenvalue weighted by Gasteiger charge is -2.12. The second-order valence-electron chi connectivity index (χ2n) is 11.1. The van der Waals surface area contributed by atoms with E-state index >= 15 is 0 Å². The smallest absolute Gasteiger partial charge is 0.225 e. The van der Waals surface area contributed by atoms with Gasteiger partial charge in [-0.15, -0.1) is 22.7 Å². The summed E-state index contributed by atoms with van der Waals surface area (Å²) in [6, 6.07) is 42.1. The Morgan fingerprint density at radius 3 is 2.13 bits per heavy atom. The van der Waals surface area contributed by atoms with Gasteiger partial charge in [0.05, 0.1) is 16.4 Å². The van der Waals surface area contributed by atoms with Crippen molar-refractivity contribution in [2.24, 2.45) is 0 Å². The second-order valence-corrected chi connectivity index (χ2v) is 13.5. The number of benzene rings is 6. The van der Waals surface area contributed by atoms with E-state index in [0.29, 0.717) is 0 Å². The number of halogens is 1. The van der Waals surface area contributed by atoms with Crippen LogP contribution in [0.4, 0.5) is 0 Å². The van der Waals surface area contributed by atoms with Crippen molar-refractivity contribution in [1.82, 2.24) is 14.5 Å². The number of thiophene rings is 2. The Morgan fingerprint density at radius 1 is 0.556 bits per heavy atom. The molecule has 212 valence electrons. The highest BCUT2D eigenvalue weighted by Crippen LogP contribution is 2.49. The van der Waals surface area contributed by atoms with Gasteiger partial charge in [0.2, 0.25) is 5.28 Å². The van der Waals surface area contributed by atoms with Crippen molar-refractivity contribution in [3.05, 3.63) is 127 Å². The zero-order chi connectivity index (χ0) is 29.6. The molecule has 0 atom stereocenters. The van der Waals surface area contributed by atoms with Crippen molar-refractivity contribution < 1.29 is 4.74 Å². The standard InChI is InChI=1S/C38H20ClN3OS2/c39-38-40-36(33-26-15-7-9-17-29(26)45-37(33)41-38)42-28-16-8-6-14-25(28)31-32-27-20-22(43-21-10-2-1-3-11-21)18-19-30(27)44-35(32)24-13-5-4-12-23(24)34(31)42/h1-20H.